The van der Waals surface area contributed by atoms with Gasteiger partial charge in [0.15, 0.2) is 0 Å². The Balaban J connectivity index is 1.78. The molecule has 90 valence electrons. The van der Waals surface area contributed by atoms with E-state index in [-0.39, 0.29) is 0 Å². The Morgan fingerprint density at radius 2 is 2.19 bits per heavy atom. The fourth-order valence-electron chi connectivity index (χ4n) is 2.12. The zero-order valence-electron chi connectivity index (χ0n) is 10.2. The number of ether oxygens (including phenoxy) is 1. The molecule has 0 saturated carbocycles. The van der Waals surface area contributed by atoms with Crippen LogP contribution in [0.2, 0.25) is 0 Å². The Morgan fingerprint density at radius 3 is 2.88 bits per heavy atom. The molecule has 2 atom stereocenters. The molecule has 2 unspecified atom stereocenters. The molecule has 0 amide bonds. The normalized spacial score (nSPS) is 25.9. The van der Waals surface area contributed by atoms with Crippen molar-refractivity contribution in [3.63, 3.8) is 0 Å². The third-order valence-electron chi connectivity index (χ3n) is 3.01. The number of nitrogens with one attached hydrogen (secondary N) is 1. The van der Waals surface area contributed by atoms with Crippen molar-refractivity contribution in [1.29, 1.82) is 0 Å². The lowest BCUT2D eigenvalue weighted by Gasteiger charge is -2.28. The molecule has 16 heavy (non-hydrogen) atoms. The summed E-state index contributed by atoms with van der Waals surface area (Å²) < 4.78 is 5.55. The van der Waals surface area contributed by atoms with E-state index in [9.17, 15) is 0 Å². The largest absolute Gasteiger partial charge is 0.378 e. The van der Waals surface area contributed by atoms with Gasteiger partial charge in [0, 0.05) is 21.8 Å². The van der Waals surface area contributed by atoms with E-state index in [1.165, 1.54) is 22.6 Å². The average molecular weight is 239 g/mol. The Bertz CT molecular complexity index is 323. The van der Waals surface area contributed by atoms with Gasteiger partial charge in [-0.3, -0.25) is 0 Å². The van der Waals surface area contributed by atoms with Gasteiger partial charge in [-0.1, -0.05) is 6.92 Å². The minimum absolute atomic E-state index is 0.508. The highest BCUT2D eigenvalue weighted by Gasteiger charge is 2.17. The lowest BCUT2D eigenvalue weighted by Crippen LogP contribution is -2.47. The summed E-state index contributed by atoms with van der Waals surface area (Å²) in [4.78, 5) is 3.01. The van der Waals surface area contributed by atoms with Crippen LogP contribution in [0.4, 0.5) is 0 Å². The van der Waals surface area contributed by atoms with Gasteiger partial charge in [-0.15, -0.1) is 11.3 Å². The summed E-state index contributed by atoms with van der Waals surface area (Å²) in [5.41, 5.74) is 0. The molecule has 3 heteroatoms. The Kier molecular flexibility index (Phi) is 4.38. The van der Waals surface area contributed by atoms with Gasteiger partial charge < -0.3 is 10.1 Å². The summed E-state index contributed by atoms with van der Waals surface area (Å²) in [6.45, 7) is 6.13. The molecular formula is C13H21NOS. The number of hydrogen-bond acceptors (Lipinski definition) is 3. The number of aryl methyl sites for hydroxylation is 2. The van der Waals surface area contributed by atoms with E-state index in [2.05, 4.69) is 31.3 Å². The van der Waals surface area contributed by atoms with Gasteiger partial charge in [0.25, 0.3) is 0 Å². The third-order valence-corrected chi connectivity index (χ3v) is 4.30. The van der Waals surface area contributed by atoms with E-state index in [0.717, 1.165) is 19.6 Å². The molecular weight excluding hydrogens is 218 g/mol. The molecule has 2 nitrogen and oxygen atoms in total. The highest BCUT2D eigenvalue weighted by atomic mass is 32.1. The van der Waals surface area contributed by atoms with Gasteiger partial charge in [-0.25, -0.2) is 0 Å². The fraction of sp³-hybridized carbons (Fsp3) is 0.692. The van der Waals surface area contributed by atoms with Crippen molar-refractivity contribution in [2.45, 2.75) is 45.2 Å². The van der Waals surface area contributed by atoms with Crippen molar-refractivity contribution in [2.75, 3.05) is 13.2 Å². The number of rotatable bonds is 4. The summed E-state index contributed by atoms with van der Waals surface area (Å²) in [6, 6.07) is 5.58. The van der Waals surface area contributed by atoms with Crippen molar-refractivity contribution in [2.24, 2.45) is 0 Å². The lowest BCUT2D eigenvalue weighted by molar-refractivity contribution is 0.0484. The number of hydrogen-bond donors (Lipinski definition) is 1. The predicted octanol–water partition coefficient (Wildman–Crippen LogP) is 2.62. The van der Waals surface area contributed by atoms with Crippen molar-refractivity contribution in [3.8, 4) is 0 Å². The fourth-order valence-corrected chi connectivity index (χ4v) is 3.09. The minimum atomic E-state index is 0.508. The van der Waals surface area contributed by atoms with Crippen LogP contribution in [-0.4, -0.2) is 25.3 Å². The topological polar surface area (TPSA) is 21.3 Å². The van der Waals surface area contributed by atoms with Crippen molar-refractivity contribution in [1.82, 2.24) is 5.32 Å². The summed E-state index contributed by atoms with van der Waals surface area (Å²) in [5.74, 6) is 0. The highest BCUT2D eigenvalue weighted by molar-refractivity contribution is 7.11. The molecule has 0 aromatic carbocycles. The number of thiophene rings is 1. The zero-order valence-corrected chi connectivity index (χ0v) is 11.0. The van der Waals surface area contributed by atoms with Crippen LogP contribution >= 0.6 is 11.3 Å². The van der Waals surface area contributed by atoms with Gasteiger partial charge in [0.05, 0.1) is 13.2 Å². The lowest BCUT2D eigenvalue weighted by atomic mass is 10.1. The van der Waals surface area contributed by atoms with E-state index in [1.54, 1.807) is 0 Å². The monoisotopic (exact) mass is 239 g/mol. The SMILES string of the molecule is CCc1ccc(CCC2COCC(C)N2)s1. The summed E-state index contributed by atoms with van der Waals surface area (Å²) in [6.07, 6.45) is 3.53. The Labute approximate surface area is 102 Å². The maximum atomic E-state index is 5.55. The first-order chi connectivity index (χ1) is 7.78. The molecule has 2 heterocycles. The maximum Gasteiger partial charge on any atom is 0.0620 e. The van der Waals surface area contributed by atoms with E-state index in [1.807, 2.05) is 11.3 Å². The molecule has 2 rings (SSSR count). The summed E-state index contributed by atoms with van der Waals surface area (Å²) >= 11 is 1.95. The van der Waals surface area contributed by atoms with E-state index >= 15 is 0 Å². The van der Waals surface area contributed by atoms with Gasteiger partial charge >= 0.3 is 0 Å². The van der Waals surface area contributed by atoms with Crippen molar-refractivity contribution >= 4 is 11.3 Å². The second kappa shape index (κ2) is 5.80. The van der Waals surface area contributed by atoms with Crippen LogP contribution < -0.4 is 5.32 Å². The zero-order chi connectivity index (χ0) is 11.4. The third kappa shape index (κ3) is 3.30. The molecule has 1 aromatic rings. The quantitative estimate of drug-likeness (QED) is 0.872. The predicted molar refractivity (Wildman–Crippen MR) is 69.2 cm³/mol. The van der Waals surface area contributed by atoms with E-state index < -0.39 is 0 Å². The maximum absolute atomic E-state index is 5.55. The molecule has 0 bridgehead atoms. The molecule has 0 spiro atoms. The standard InChI is InChI=1S/C13H21NOS/c1-3-12-6-7-13(16-12)5-4-11-9-15-8-10(2)14-11/h6-7,10-11,14H,3-5,8-9H2,1-2H3. The van der Waals surface area contributed by atoms with Crippen LogP contribution in [0.25, 0.3) is 0 Å². The van der Waals surface area contributed by atoms with E-state index in [4.69, 9.17) is 4.74 Å². The molecule has 1 N–H and O–H groups in total. The van der Waals surface area contributed by atoms with Gasteiger partial charge in [0.2, 0.25) is 0 Å². The molecule has 0 aliphatic carbocycles. The first-order valence-corrected chi connectivity index (χ1v) is 7.01. The second-order valence-electron chi connectivity index (χ2n) is 4.56. The summed E-state index contributed by atoms with van der Waals surface area (Å²) in [5, 5.41) is 3.59. The van der Waals surface area contributed by atoms with E-state index in [0.29, 0.717) is 12.1 Å². The van der Waals surface area contributed by atoms with Crippen LogP contribution in [0.1, 0.15) is 30.0 Å². The van der Waals surface area contributed by atoms with Crippen LogP contribution in [0.15, 0.2) is 12.1 Å². The molecule has 1 aliphatic rings. The van der Waals surface area contributed by atoms with Crippen molar-refractivity contribution < 1.29 is 4.74 Å². The smallest absolute Gasteiger partial charge is 0.0620 e. The molecule has 0 radical (unpaired) electrons. The first kappa shape index (κ1) is 12.1. The van der Waals surface area contributed by atoms with Crippen LogP contribution in [-0.2, 0) is 17.6 Å². The Morgan fingerprint density at radius 1 is 1.38 bits per heavy atom. The highest BCUT2D eigenvalue weighted by Crippen LogP contribution is 2.19. The minimum Gasteiger partial charge on any atom is -0.378 e. The first-order valence-electron chi connectivity index (χ1n) is 6.19. The van der Waals surface area contributed by atoms with Crippen LogP contribution in [0, 0.1) is 0 Å². The number of morpholine rings is 1. The Hall–Kier alpha value is -0.380. The second-order valence-corrected chi connectivity index (χ2v) is 5.82. The van der Waals surface area contributed by atoms with Gasteiger partial charge in [-0.2, -0.15) is 0 Å². The molecule has 1 aromatic heterocycles. The van der Waals surface area contributed by atoms with Gasteiger partial charge in [0.1, 0.15) is 0 Å². The molecule has 1 fully saturated rings. The van der Waals surface area contributed by atoms with Crippen molar-refractivity contribution in [3.05, 3.63) is 21.9 Å². The van der Waals surface area contributed by atoms with Crippen LogP contribution in [0.5, 0.6) is 0 Å². The molecule has 1 aliphatic heterocycles. The van der Waals surface area contributed by atoms with Crippen LogP contribution in [0.3, 0.4) is 0 Å². The average Bonchev–Trinajstić information content (AvgIpc) is 2.74. The summed E-state index contributed by atoms with van der Waals surface area (Å²) in [7, 11) is 0. The van der Waals surface area contributed by atoms with Gasteiger partial charge in [-0.05, 0) is 38.3 Å². The molecule has 1 saturated heterocycles.